The molecular formula is C14H21N3O3. The van der Waals surface area contributed by atoms with Gasteiger partial charge in [-0.1, -0.05) is 0 Å². The number of aromatic nitrogens is 2. The lowest BCUT2D eigenvalue weighted by Gasteiger charge is -2.35. The number of hydrogen-bond acceptors (Lipinski definition) is 4. The quantitative estimate of drug-likeness (QED) is 0.791. The molecule has 6 heteroatoms. The third-order valence-electron chi connectivity index (χ3n) is 3.17. The summed E-state index contributed by atoms with van der Waals surface area (Å²) in [6.45, 7) is 6.02. The van der Waals surface area contributed by atoms with Crippen molar-refractivity contribution in [3.8, 4) is 0 Å². The second-order valence-electron chi connectivity index (χ2n) is 5.99. The van der Waals surface area contributed by atoms with E-state index in [1.807, 2.05) is 20.8 Å². The van der Waals surface area contributed by atoms with Gasteiger partial charge in [0.15, 0.2) is 0 Å². The van der Waals surface area contributed by atoms with Crippen LogP contribution in [0.4, 0.5) is 4.79 Å². The number of amides is 1. The Labute approximate surface area is 118 Å². The first-order chi connectivity index (χ1) is 9.38. The molecule has 1 aliphatic rings. The van der Waals surface area contributed by atoms with Crippen molar-refractivity contribution in [1.82, 2.24) is 14.5 Å². The smallest absolute Gasteiger partial charge is 0.410 e. The van der Waals surface area contributed by atoms with Crippen LogP contribution in [0.1, 0.15) is 44.8 Å². The summed E-state index contributed by atoms with van der Waals surface area (Å²) >= 11 is 0. The lowest BCUT2D eigenvalue weighted by molar-refractivity contribution is 0.00880. The number of nitrogens with zero attached hydrogens (tertiary/aromatic N) is 3. The normalized spacial score (nSPS) is 19.8. The van der Waals surface area contributed by atoms with E-state index in [1.54, 1.807) is 12.4 Å². The Morgan fingerprint density at radius 3 is 2.65 bits per heavy atom. The fourth-order valence-corrected chi connectivity index (χ4v) is 2.29. The Morgan fingerprint density at radius 2 is 2.05 bits per heavy atom. The van der Waals surface area contributed by atoms with Crippen LogP contribution < -0.4 is 0 Å². The van der Waals surface area contributed by atoms with E-state index >= 15 is 0 Å². The number of piperidine rings is 1. The average molecular weight is 279 g/mol. The van der Waals surface area contributed by atoms with Crippen LogP contribution in [0.3, 0.4) is 0 Å². The minimum Gasteiger partial charge on any atom is -0.444 e. The number of carbonyl (C=O) groups excluding carboxylic acids is 2. The van der Waals surface area contributed by atoms with Gasteiger partial charge in [0, 0.05) is 18.9 Å². The molecule has 2 rings (SSSR count). The van der Waals surface area contributed by atoms with Gasteiger partial charge in [0.1, 0.15) is 18.0 Å². The second kappa shape index (κ2) is 5.64. The molecule has 0 radical (unpaired) electrons. The van der Waals surface area contributed by atoms with Crippen molar-refractivity contribution in [2.24, 2.45) is 0 Å². The molecule has 1 amide bonds. The van der Waals surface area contributed by atoms with Crippen molar-refractivity contribution >= 4 is 12.0 Å². The van der Waals surface area contributed by atoms with E-state index in [-0.39, 0.29) is 5.91 Å². The van der Waals surface area contributed by atoms with Crippen molar-refractivity contribution in [2.45, 2.75) is 51.7 Å². The third kappa shape index (κ3) is 3.37. The molecule has 0 aliphatic carbocycles. The number of imidazole rings is 1. The molecule has 2 heterocycles. The molecule has 0 spiro atoms. The van der Waals surface area contributed by atoms with Crippen LogP contribution in [0.25, 0.3) is 0 Å². The van der Waals surface area contributed by atoms with Gasteiger partial charge in [0.05, 0.1) is 0 Å². The molecule has 20 heavy (non-hydrogen) atoms. The molecule has 0 saturated carbocycles. The van der Waals surface area contributed by atoms with Gasteiger partial charge in [-0.3, -0.25) is 14.3 Å². The van der Waals surface area contributed by atoms with Crippen LogP contribution in [0.5, 0.6) is 0 Å². The van der Waals surface area contributed by atoms with Crippen molar-refractivity contribution < 1.29 is 14.3 Å². The zero-order valence-electron chi connectivity index (χ0n) is 12.2. The lowest BCUT2D eigenvalue weighted by atomic mass is 10.0. The van der Waals surface area contributed by atoms with Crippen LogP contribution in [0, 0.1) is 0 Å². The van der Waals surface area contributed by atoms with Crippen molar-refractivity contribution in [3.05, 3.63) is 18.7 Å². The number of ether oxygens (including phenoxy) is 1. The Balaban J connectivity index is 2.13. The first-order valence-electron chi connectivity index (χ1n) is 6.90. The van der Waals surface area contributed by atoms with Gasteiger partial charge in [-0.2, -0.15) is 0 Å². The number of carbonyl (C=O) groups is 2. The molecule has 0 aromatic carbocycles. The zero-order chi connectivity index (χ0) is 14.8. The first-order valence-corrected chi connectivity index (χ1v) is 6.90. The van der Waals surface area contributed by atoms with Crippen LogP contribution in [0.2, 0.25) is 0 Å². The summed E-state index contributed by atoms with van der Waals surface area (Å²) in [4.78, 5) is 30.1. The van der Waals surface area contributed by atoms with Crippen LogP contribution in [0.15, 0.2) is 18.7 Å². The summed E-state index contributed by atoms with van der Waals surface area (Å²) < 4.78 is 6.81. The van der Waals surface area contributed by atoms with Gasteiger partial charge < -0.3 is 4.74 Å². The highest BCUT2D eigenvalue weighted by Gasteiger charge is 2.35. The molecule has 110 valence electrons. The molecule has 0 bridgehead atoms. The molecule has 1 aliphatic heterocycles. The van der Waals surface area contributed by atoms with E-state index in [2.05, 4.69) is 4.98 Å². The predicted molar refractivity (Wildman–Crippen MR) is 73.4 cm³/mol. The molecule has 1 unspecified atom stereocenters. The summed E-state index contributed by atoms with van der Waals surface area (Å²) in [5.74, 6) is -0.131. The topological polar surface area (TPSA) is 64.4 Å². The van der Waals surface area contributed by atoms with Crippen molar-refractivity contribution in [1.29, 1.82) is 0 Å². The Kier molecular flexibility index (Phi) is 4.11. The van der Waals surface area contributed by atoms with Gasteiger partial charge in [-0.25, -0.2) is 9.78 Å². The Hall–Kier alpha value is -1.85. The van der Waals surface area contributed by atoms with Crippen molar-refractivity contribution in [2.75, 3.05) is 6.54 Å². The Bertz CT molecular complexity index is 476. The lowest BCUT2D eigenvalue weighted by Crippen LogP contribution is -2.50. The van der Waals surface area contributed by atoms with Crippen molar-refractivity contribution in [3.63, 3.8) is 0 Å². The van der Waals surface area contributed by atoms with E-state index in [0.29, 0.717) is 13.0 Å². The van der Waals surface area contributed by atoms with Crippen LogP contribution in [-0.4, -0.2) is 44.6 Å². The highest BCUT2D eigenvalue weighted by Crippen LogP contribution is 2.21. The highest BCUT2D eigenvalue weighted by molar-refractivity contribution is 5.87. The molecule has 0 N–H and O–H groups in total. The van der Waals surface area contributed by atoms with Gasteiger partial charge in [0.2, 0.25) is 0 Å². The van der Waals surface area contributed by atoms with E-state index in [4.69, 9.17) is 4.74 Å². The molecule has 1 aromatic heterocycles. The molecule has 1 atom stereocenters. The maximum Gasteiger partial charge on any atom is 0.410 e. The van der Waals surface area contributed by atoms with Gasteiger partial charge in [-0.15, -0.1) is 0 Å². The molecule has 1 fully saturated rings. The highest BCUT2D eigenvalue weighted by atomic mass is 16.6. The number of hydrogen-bond donors (Lipinski definition) is 0. The summed E-state index contributed by atoms with van der Waals surface area (Å²) in [5, 5.41) is 0. The number of likely N-dealkylation sites (tertiary alicyclic amines) is 1. The minimum absolute atomic E-state index is 0.131. The largest absolute Gasteiger partial charge is 0.444 e. The van der Waals surface area contributed by atoms with E-state index in [1.165, 1.54) is 15.8 Å². The van der Waals surface area contributed by atoms with E-state index < -0.39 is 17.7 Å². The molecule has 1 aromatic rings. The standard InChI is InChI=1S/C14H21N3O3/c1-14(2,3)20-13(19)17-8-5-4-6-11(17)12(18)16-9-7-15-10-16/h7,9-11H,4-6,8H2,1-3H3. The first kappa shape index (κ1) is 14.6. The SMILES string of the molecule is CC(C)(C)OC(=O)N1CCCCC1C(=O)n1ccnc1. The van der Waals surface area contributed by atoms with Crippen LogP contribution in [-0.2, 0) is 4.74 Å². The molecule has 1 saturated heterocycles. The molecule has 6 nitrogen and oxygen atoms in total. The zero-order valence-corrected chi connectivity index (χ0v) is 12.2. The Morgan fingerprint density at radius 1 is 1.30 bits per heavy atom. The maximum atomic E-state index is 12.4. The fourth-order valence-electron chi connectivity index (χ4n) is 2.29. The van der Waals surface area contributed by atoms with Gasteiger partial charge in [-0.05, 0) is 40.0 Å². The second-order valence-corrected chi connectivity index (χ2v) is 5.99. The van der Waals surface area contributed by atoms with E-state index in [0.717, 1.165) is 12.8 Å². The monoisotopic (exact) mass is 279 g/mol. The third-order valence-corrected chi connectivity index (χ3v) is 3.17. The summed E-state index contributed by atoms with van der Waals surface area (Å²) in [7, 11) is 0. The van der Waals surface area contributed by atoms with Gasteiger partial charge in [0.25, 0.3) is 5.91 Å². The summed E-state index contributed by atoms with van der Waals surface area (Å²) in [6, 6.07) is -0.465. The van der Waals surface area contributed by atoms with Crippen LogP contribution >= 0.6 is 0 Å². The van der Waals surface area contributed by atoms with E-state index in [9.17, 15) is 9.59 Å². The van der Waals surface area contributed by atoms with Gasteiger partial charge >= 0.3 is 6.09 Å². The fraction of sp³-hybridized carbons (Fsp3) is 0.643. The average Bonchev–Trinajstić information content (AvgIpc) is 2.89. The summed E-state index contributed by atoms with van der Waals surface area (Å²) in [6.07, 6.45) is 6.69. The molecular weight excluding hydrogens is 258 g/mol. The minimum atomic E-state index is -0.558. The predicted octanol–water partition coefficient (Wildman–Crippen LogP) is 2.31. The number of rotatable bonds is 1. The maximum absolute atomic E-state index is 12.4. The summed E-state index contributed by atoms with van der Waals surface area (Å²) in [5.41, 5.74) is -0.558.